The van der Waals surface area contributed by atoms with Crippen LogP contribution in [0, 0.1) is 0 Å². The third kappa shape index (κ3) is 6.19. The minimum atomic E-state index is -0.551. The summed E-state index contributed by atoms with van der Waals surface area (Å²) in [6, 6.07) is 4.59. The number of anilines is 1. The van der Waals surface area contributed by atoms with Crippen LogP contribution >= 0.6 is 11.6 Å². The molecule has 1 aromatic rings. The van der Waals surface area contributed by atoms with Gasteiger partial charge in [0.25, 0.3) is 0 Å². The third-order valence-electron chi connectivity index (χ3n) is 2.74. The van der Waals surface area contributed by atoms with Crippen LogP contribution in [-0.2, 0) is 24.0 Å². The van der Waals surface area contributed by atoms with Crippen LogP contribution < -0.4 is 5.32 Å². The van der Waals surface area contributed by atoms with E-state index in [9.17, 15) is 9.59 Å². The molecule has 0 spiro atoms. The highest BCUT2D eigenvalue weighted by Crippen LogP contribution is 2.23. The van der Waals surface area contributed by atoms with Crippen LogP contribution in [0.1, 0.15) is 24.2 Å². The zero-order valence-corrected chi connectivity index (χ0v) is 14.5. The SMILES string of the molecule is CCOOC/C(=C\Nc1cc(C(=O)OC)ccc1Cl)C(=O)OCC. The molecule has 7 nitrogen and oxygen atoms in total. The van der Waals surface area contributed by atoms with E-state index in [2.05, 4.69) is 10.1 Å². The number of methoxy groups -OCH3 is 1. The number of ether oxygens (including phenoxy) is 2. The van der Waals surface area contributed by atoms with E-state index in [1.807, 2.05) is 0 Å². The van der Waals surface area contributed by atoms with Crippen molar-refractivity contribution < 1.29 is 28.8 Å². The maximum atomic E-state index is 11.9. The molecule has 24 heavy (non-hydrogen) atoms. The van der Waals surface area contributed by atoms with Gasteiger partial charge in [0.05, 0.1) is 42.2 Å². The second-order valence-corrected chi connectivity index (χ2v) is 4.80. The van der Waals surface area contributed by atoms with Gasteiger partial charge in [-0.1, -0.05) is 11.6 Å². The molecule has 1 N–H and O–H groups in total. The van der Waals surface area contributed by atoms with Gasteiger partial charge in [0, 0.05) is 6.20 Å². The Morgan fingerprint density at radius 3 is 2.58 bits per heavy atom. The number of esters is 2. The van der Waals surface area contributed by atoms with E-state index in [1.165, 1.54) is 25.4 Å². The molecular formula is C16H20ClNO6. The lowest BCUT2D eigenvalue weighted by molar-refractivity contribution is -0.284. The summed E-state index contributed by atoms with van der Waals surface area (Å²) < 4.78 is 9.60. The van der Waals surface area contributed by atoms with Crippen LogP contribution in [0.15, 0.2) is 30.0 Å². The molecule has 0 atom stereocenters. The third-order valence-corrected chi connectivity index (χ3v) is 3.07. The van der Waals surface area contributed by atoms with Gasteiger partial charge < -0.3 is 14.8 Å². The number of carbonyl (C=O) groups is 2. The summed E-state index contributed by atoms with van der Waals surface area (Å²) >= 11 is 6.08. The fraction of sp³-hybridized carbons (Fsp3) is 0.375. The summed E-state index contributed by atoms with van der Waals surface area (Å²) in [5.41, 5.74) is 0.948. The predicted molar refractivity (Wildman–Crippen MR) is 88.7 cm³/mol. The second-order valence-electron chi connectivity index (χ2n) is 4.39. The molecule has 0 unspecified atom stereocenters. The van der Waals surface area contributed by atoms with Crippen LogP contribution in [-0.4, -0.2) is 38.9 Å². The maximum Gasteiger partial charge on any atom is 0.337 e. The van der Waals surface area contributed by atoms with E-state index in [0.717, 1.165) is 0 Å². The van der Waals surface area contributed by atoms with Crippen LogP contribution in [0.4, 0.5) is 5.69 Å². The molecule has 0 heterocycles. The summed E-state index contributed by atoms with van der Waals surface area (Å²) in [7, 11) is 1.29. The average Bonchev–Trinajstić information content (AvgIpc) is 2.58. The number of nitrogens with one attached hydrogen (secondary N) is 1. The topological polar surface area (TPSA) is 83.1 Å². The van der Waals surface area contributed by atoms with E-state index in [-0.39, 0.29) is 18.8 Å². The van der Waals surface area contributed by atoms with Crippen LogP contribution in [0.25, 0.3) is 0 Å². The highest BCUT2D eigenvalue weighted by atomic mass is 35.5. The quantitative estimate of drug-likeness (QED) is 0.239. The summed E-state index contributed by atoms with van der Waals surface area (Å²) in [4.78, 5) is 33.1. The van der Waals surface area contributed by atoms with Crippen LogP contribution in [0.3, 0.4) is 0 Å². The average molecular weight is 358 g/mol. The summed E-state index contributed by atoms with van der Waals surface area (Å²) in [5, 5.41) is 3.23. The van der Waals surface area contributed by atoms with Gasteiger partial charge in [0.2, 0.25) is 0 Å². The smallest absolute Gasteiger partial charge is 0.337 e. The van der Waals surface area contributed by atoms with Crippen LogP contribution in [0.2, 0.25) is 5.02 Å². The molecule has 8 heteroatoms. The van der Waals surface area contributed by atoms with Crippen molar-refractivity contribution >= 4 is 29.2 Å². The molecule has 1 rings (SSSR count). The summed E-state index contributed by atoms with van der Waals surface area (Å²) in [5.74, 6) is -1.05. The number of hydrogen-bond donors (Lipinski definition) is 1. The largest absolute Gasteiger partial charge is 0.465 e. The Bertz CT molecular complexity index is 602. The van der Waals surface area contributed by atoms with Crippen molar-refractivity contribution in [2.45, 2.75) is 13.8 Å². The number of rotatable bonds is 9. The van der Waals surface area contributed by atoms with Gasteiger partial charge in [-0.2, -0.15) is 0 Å². The summed E-state index contributed by atoms with van der Waals surface area (Å²) in [6.07, 6.45) is 1.39. The van der Waals surface area contributed by atoms with E-state index < -0.39 is 11.9 Å². The van der Waals surface area contributed by atoms with Crippen molar-refractivity contribution in [2.75, 3.05) is 32.2 Å². The Kier molecular flexibility index (Phi) is 8.85. The van der Waals surface area contributed by atoms with Gasteiger partial charge in [0.15, 0.2) is 0 Å². The first kappa shape index (κ1) is 20.0. The maximum absolute atomic E-state index is 11.9. The second kappa shape index (κ2) is 10.6. The van der Waals surface area contributed by atoms with Gasteiger partial charge >= 0.3 is 11.9 Å². The standard InChI is InChI=1S/C16H20ClNO6/c1-4-22-16(20)12(10-24-23-5-2)9-18-14-8-11(15(19)21-3)6-7-13(14)17/h6-9,18H,4-5,10H2,1-3H3/b12-9+. The minimum absolute atomic E-state index is 0.103. The van der Waals surface area contributed by atoms with Gasteiger partial charge in [-0.3, -0.25) is 0 Å². The Hall–Kier alpha value is -2.09. The summed E-state index contributed by atoms with van der Waals surface area (Å²) in [6.45, 7) is 3.92. The zero-order valence-electron chi connectivity index (χ0n) is 13.8. The molecule has 0 bridgehead atoms. The minimum Gasteiger partial charge on any atom is -0.465 e. The highest BCUT2D eigenvalue weighted by molar-refractivity contribution is 6.33. The Balaban J connectivity index is 2.94. The van der Waals surface area contributed by atoms with Gasteiger partial charge in [0.1, 0.15) is 6.61 Å². The van der Waals surface area contributed by atoms with E-state index in [4.69, 9.17) is 26.1 Å². The molecule has 0 aliphatic rings. The molecule has 0 aliphatic heterocycles. The number of benzene rings is 1. The van der Waals surface area contributed by atoms with Gasteiger partial charge in [-0.05, 0) is 32.0 Å². The molecule has 0 aromatic heterocycles. The first-order chi connectivity index (χ1) is 11.5. The predicted octanol–water partition coefficient (Wildman–Crippen LogP) is 2.95. The molecular weight excluding hydrogens is 338 g/mol. The lowest BCUT2D eigenvalue weighted by Crippen LogP contribution is -2.14. The molecule has 0 fully saturated rings. The number of hydrogen-bond acceptors (Lipinski definition) is 7. The van der Waals surface area contributed by atoms with Crippen molar-refractivity contribution in [3.05, 3.63) is 40.6 Å². The zero-order chi connectivity index (χ0) is 17.9. The first-order valence-corrected chi connectivity index (χ1v) is 7.66. The Morgan fingerprint density at radius 1 is 1.21 bits per heavy atom. The number of halogens is 1. The molecule has 132 valence electrons. The molecule has 0 saturated carbocycles. The molecule has 0 saturated heterocycles. The van der Waals surface area contributed by atoms with Crippen molar-refractivity contribution in [2.24, 2.45) is 0 Å². The molecule has 0 aliphatic carbocycles. The van der Waals surface area contributed by atoms with Crippen molar-refractivity contribution in [1.82, 2.24) is 0 Å². The van der Waals surface area contributed by atoms with Crippen LogP contribution in [0.5, 0.6) is 0 Å². The normalized spacial score (nSPS) is 11.1. The molecule has 0 radical (unpaired) electrons. The van der Waals surface area contributed by atoms with Crippen molar-refractivity contribution in [1.29, 1.82) is 0 Å². The fourth-order valence-electron chi connectivity index (χ4n) is 1.62. The Labute approximate surface area is 145 Å². The van der Waals surface area contributed by atoms with Crippen molar-refractivity contribution in [3.63, 3.8) is 0 Å². The van der Waals surface area contributed by atoms with Gasteiger partial charge in [-0.15, -0.1) is 0 Å². The molecule has 1 aromatic carbocycles. The first-order valence-electron chi connectivity index (χ1n) is 7.28. The molecule has 0 amide bonds. The lowest BCUT2D eigenvalue weighted by Gasteiger charge is -2.10. The van der Waals surface area contributed by atoms with Crippen molar-refractivity contribution in [3.8, 4) is 0 Å². The van der Waals surface area contributed by atoms with E-state index in [1.54, 1.807) is 19.9 Å². The van der Waals surface area contributed by atoms with E-state index >= 15 is 0 Å². The van der Waals surface area contributed by atoms with Gasteiger partial charge in [-0.25, -0.2) is 19.4 Å². The number of carbonyl (C=O) groups excluding carboxylic acids is 2. The lowest BCUT2D eigenvalue weighted by atomic mass is 10.2. The monoisotopic (exact) mass is 357 g/mol. The van der Waals surface area contributed by atoms with E-state index in [0.29, 0.717) is 22.9 Å². The highest BCUT2D eigenvalue weighted by Gasteiger charge is 2.13. The Morgan fingerprint density at radius 2 is 1.96 bits per heavy atom. The fourth-order valence-corrected chi connectivity index (χ4v) is 1.79.